The summed E-state index contributed by atoms with van der Waals surface area (Å²) in [5.41, 5.74) is 1.23. The maximum Gasteiger partial charge on any atom is 0.240 e. The maximum atomic E-state index is 12.3. The van der Waals surface area contributed by atoms with E-state index in [1.807, 2.05) is 43.3 Å². The number of anilines is 1. The van der Waals surface area contributed by atoms with Gasteiger partial charge in [0, 0.05) is 19.0 Å². The summed E-state index contributed by atoms with van der Waals surface area (Å²) in [7, 11) is 1.77. The highest BCUT2D eigenvalue weighted by atomic mass is 32.2. The quantitative estimate of drug-likeness (QED) is 0.845. The van der Waals surface area contributed by atoms with Gasteiger partial charge in [-0.25, -0.2) is 4.98 Å². The Kier molecular flexibility index (Phi) is 5.18. The number of carbonyl (C=O) groups is 1. The minimum Gasteiger partial charge on any atom is -0.299 e. The second kappa shape index (κ2) is 7.10. The summed E-state index contributed by atoms with van der Waals surface area (Å²) >= 11 is 1.64. The average molecular weight is 286 g/mol. The van der Waals surface area contributed by atoms with E-state index in [1.165, 1.54) is 5.56 Å². The Morgan fingerprint density at radius 2 is 1.90 bits per heavy atom. The van der Waals surface area contributed by atoms with E-state index >= 15 is 0 Å². The first-order valence-corrected chi connectivity index (χ1v) is 7.57. The van der Waals surface area contributed by atoms with E-state index in [9.17, 15) is 4.79 Å². The number of benzene rings is 1. The molecule has 1 aromatic heterocycles. The number of hydrogen-bond acceptors (Lipinski definition) is 3. The summed E-state index contributed by atoms with van der Waals surface area (Å²) in [6.45, 7) is 1.94. The van der Waals surface area contributed by atoms with Crippen molar-refractivity contribution in [3.05, 3.63) is 60.3 Å². The van der Waals surface area contributed by atoms with Crippen molar-refractivity contribution >= 4 is 23.5 Å². The monoisotopic (exact) mass is 286 g/mol. The number of carbonyl (C=O) groups excluding carboxylic acids is 1. The van der Waals surface area contributed by atoms with Crippen LogP contribution in [0, 0.1) is 0 Å². The van der Waals surface area contributed by atoms with Crippen molar-refractivity contribution in [3.8, 4) is 0 Å². The molecule has 1 heterocycles. The number of rotatable bonds is 5. The molecule has 20 heavy (non-hydrogen) atoms. The molecule has 104 valence electrons. The van der Waals surface area contributed by atoms with E-state index < -0.39 is 0 Å². The number of amides is 1. The predicted octanol–water partition coefficient (Wildman–Crippen LogP) is 3.37. The Bertz CT molecular complexity index is 545. The summed E-state index contributed by atoms with van der Waals surface area (Å²) in [6.07, 6.45) is 1.70. The molecule has 0 saturated carbocycles. The lowest BCUT2D eigenvalue weighted by Gasteiger charge is -2.20. The minimum absolute atomic E-state index is 0.0737. The Labute approximate surface area is 124 Å². The molecule has 2 rings (SSSR count). The molecule has 1 amide bonds. The summed E-state index contributed by atoms with van der Waals surface area (Å²) in [5.74, 6) is 1.60. The molecule has 0 aliphatic heterocycles. The Morgan fingerprint density at radius 3 is 2.55 bits per heavy atom. The normalized spacial score (nSPS) is 11.9. The van der Waals surface area contributed by atoms with Crippen LogP contribution in [0.3, 0.4) is 0 Å². The lowest BCUT2D eigenvalue weighted by atomic mass is 10.2. The van der Waals surface area contributed by atoms with Crippen LogP contribution in [0.2, 0.25) is 0 Å². The third-order valence-corrected chi connectivity index (χ3v) is 4.22. The molecule has 4 heteroatoms. The molecule has 0 aliphatic rings. The predicted molar refractivity (Wildman–Crippen MR) is 84.8 cm³/mol. The molecule has 0 bridgehead atoms. The van der Waals surface area contributed by atoms with Crippen molar-refractivity contribution in [1.29, 1.82) is 0 Å². The van der Waals surface area contributed by atoms with Crippen molar-refractivity contribution in [3.63, 3.8) is 0 Å². The van der Waals surface area contributed by atoms with Crippen LogP contribution in [0.5, 0.6) is 0 Å². The fraction of sp³-hybridized carbons (Fsp3) is 0.250. The molecular formula is C16H18N2OS. The van der Waals surface area contributed by atoms with Gasteiger partial charge in [-0.05, 0) is 24.6 Å². The second-order valence-electron chi connectivity index (χ2n) is 4.52. The molecule has 1 atom stereocenters. The van der Waals surface area contributed by atoms with Gasteiger partial charge in [0.2, 0.25) is 5.91 Å². The topological polar surface area (TPSA) is 33.2 Å². The molecule has 1 unspecified atom stereocenters. The fourth-order valence-corrected chi connectivity index (χ4v) is 2.74. The molecular weight excluding hydrogens is 268 g/mol. The molecule has 0 aliphatic carbocycles. The van der Waals surface area contributed by atoms with Gasteiger partial charge >= 0.3 is 0 Å². The molecule has 1 aromatic carbocycles. The number of nitrogens with zero attached hydrogens (tertiary/aromatic N) is 2. The highest BCUT2D eigenvalue weighted by Crippen LogP contribution is 2.20. The van der Waals surface area contributed by atoms with E-state index in [0.29, 0.717) is 5.82 Å². The third kappa shape index (κ3) is 3.84. The zero-order valence-electron chi connectivity index (χ0n) is 11.7. The highest BCUT2D eigenvalue weighted by molar-refractivity contribution is 7.99. The molecule has 0 radical (unpaired) electrons. The van der Waals surface area contributed by atoms with Crippen molar-refractivity contribution in [2.24, 2.45) is 0 Å². The second-order valence-corrected chi connectivity index (χ2v) is 5.85. The van der Waals surface area contributed by atoms with E-state index in [4.69, 9.17) is 0 Å². The summed E-state index contributed by atoms with van der Waals surface area (Å²) in [4.78, 5) is 18.1. The third-order valence-electron chi connectivity index (χ3n) is 3.01. The van der Waals surface area contributed by atoms with Gasteiger partial charge in [-0.3, -0.25) is 9.69 Å². The Morgan fingerprint density at radius 1 is 1.20 bits per heavy atom. The zero-order valence-corrected chi connectivity index (χ0v) is 12.5. The van der Waals surface area contributed by atoms with Gasteiger partial charge in [-0.15, -0.1) is 11.8 Å². The molecule has 2 aromatic rings. The van der Waals surface area contributed by atoms with Crippen LogP contribution in [0.4, 0.5) is 5.82 Å². The first-order valence-electron chi connectivity index (χ1n) is 6.52. The van der Waals surface area contributed by atoms with Crippen LogP contribution in [0.15, 0.2) is 54.7 Å². The van der Waals surface area contributed by atoms with Crippen LogP contribution >= 0.6 is 11.8 Å². The van der Waals surface area contributed by atoms with E-state index in [1.54, 1.807) is 29.9 Å². The number of hydrogen-bond donors (Lipinski definition) is 0. The standard InChI is InChI=1S/C16H18N2OS/c1-13(20-12-14-8-4-3-5-9-14)16(19)18(2)15-10-6-7-11-17-15/h3-11,13H,12H2,1-2H3. The van der Waals surface area contributed by atoms with Gasteiger partial charge in [0.05, 0.1) is 5.25 Å². The van der Waals surface area contributed by atoms with Crippen molar-refractivity contribution in [1.82, 2.24) is 4.98 Å². The lowest BCUT2D eigenvalue weighted by molar-refractivity contribution is -0.117. The van der Waals surface area contributed by atoms with E-state index in [0.717, 1.165) is 5.75 Å². The molecule has 0 N–H and O–H groups in total. The van der Waals surface area contributed by atoms with Crippen molar-refractivity contribution in [2.45, 2.75) is 17.9 Å². The van der Waals surface area contributed by atoms with Crippen LogP contribution in [0.1, 0.15) is 12.5 Å². The van der Waals surface area contributed by atoms with Crippen molar-refractivity contribution < 1.29 is 4.79 Å². The van der Waals surface area contributed by atoms with E-state index in [2.05, 4.69) is 17.1 Å². The Balaban J connectivity index is 1.92. The van der Waals surface area contributed by atoms with Gasteiger partial charge in [-0.2, -0.15) is 0 Å². The summed E-state index contributed by atoms with van der Waals surface area (Å²) in [5, 5.41) is -0.0952. The molecule has 0 saturated heterocycles. The average Bonchev–Trinajstić information content (AvgIpc) is 2.53. The fourth-order valence-electron chi connectivity index (χ4n) is 1.80. The number of thioether (sulfide) groups is 1. The van der Waals surface area contributed by atoms with Gasteiger partial charge in [0.15, 0.2) is 0 Å². The summed E-state index contributed by atoms with van der Waals surface area (Å²) < 4.78 is 0. The SMILES string of the molecule is CC(SCc1ccccc1)C(=O)N(C)c1ccccn1. The first-order chi connectivity index (χ1) is 9.68. The summed E-state index contributed by atoms with van der Waals surface area (Å²) in [6, 6.07) is 15.7. The van der Waals surface area contributed by atoms with Crippen LogP contribution < -0.4 is 4.90 Å². The van der Waals surface area contributed by atoms with Gasteiger partial charge in [0.1, 0.15) is 5.82 Å². The zero-order chi connectivity index (χ0) is 14.4. The lowest BCUT2D eigenvalue weighted by Crippen LogP contribution is -2.33. The largest absolute Gasteiger partial charge is 0.299 e. The van der Waals surface area contributed by atoms with Gasteiger partial charge in [0.25, 0.3) is 0 Å². The van der Waals surface area contributed by atoms with Crippen LogP contribution in [-0.4, -0.2) is 23.2 Å². The number of pyridine rings is 1. The van der Waals surface area contributed by atoms with Gasteiger partial charge in [-0.1, -0.05) is 36.4 Å². The molecule has 0 fully saturated rings. The van der Waals surface area contributed by atoms with Crippen LogP contribution in [-0.2, 0) is 10.5 Å². The highest BCUT2D eigenvalue weighted by Gasteiger charge is 2.19. The van der Waals surface area contributed by atoms with Crippen LogP contribution in [0.25, 0.3) is 0 Å². The van der Waals surface area contributed by atoms with Crippen molar-refractivity contribution in [2.75, 3.05) is 11.9 Å². The number of aromatic nitrogens is 1. The maximum absolute atomic E-state index is 12.3. The Hall–Kier alpha value is -1.81. The molecule has 0 spiro atoms. The van der Waals surface area contributed by atoms with E-state index in [-0.39, 0.29) is 11.2 Å². The minimum atomic E-state index is -0.0952. The molecule has 3 nitrogen and oxygen atoms in total. The first kappa shape index (κ1) is 14.6. The van der Waals surface area contributed by atoms with Gasteiger partial charge < -0.3 is 0 Å². The smallest absolute Gasteiger partial charge is 0.240 e.